The Hall–Kier alpha value is -4.24. The van der Waals surface area contributed by atoms with Crippen LogP contribution in [0.3, 0.4) is 0 Å². The third kappa shape index (κ3) is 3.37. The van der Waals surface area contributed by atoms with Crippen molar-refractivity contribution >= 4 is 0 Å². The van der Waals surface area contributed by atoms with Crippen LogP contribution < -0.4 is 10.3 Å². The van der Waals surface area contributed by atoms with E-state index in [1.807, 2.05) is 18.2 Å². The maximum atomic E-state index is 13.4. The first kappa shape index (κ1) is 18.1. The molecular formula is C23H16N4O2. The van der Waals surface area contributed by atoms with E-state index in [0.29, 0.717) is 33.8 Å². The fourth-order valence-corrected chi connectivity index (χ4v) is 3.19. The largest absolute Gasteiger partial charge is 0.496 e. The number of ether oxygens (including phenoxy) is 1. The van der Waals surface area contributed by atoms with Crippen LogP contribution in [0.1, 0.15) is 5.56 Å². The standard InChI is InChI=1S/C23H16N4O2/c1-29-21-9-4-6-16(13-24)22(21)19-12-17(20-8-2-3-11-26-20)15-27(23(19)28)18-7-5-10-25-14-18/h2-12,14-15H,1H3. The molecule has 0 radical (unpaired) electrons. The van der Waals surface area contributed by atoms with Gasteiger partial charge < -0.3 is 4.74 Å². The highest BCUT2D eigenvalue weighted by Crippen LogP contribution is 2.33. The van der Waals surface area contributed by atoms with Crippen molar-refractivity contribution in [2.24, 2.45) is 0 Å². The van der Waals surface area contributed by atoms with Gasteiger partial charge in [-0.05, 0) is 42.5 Å². The van der Waals surface area contributed by atoms with Crippen molar-refractivity contribution in [1.82, 2.24) is 14.5 Å². The Morgan fingerprint density at radius 1 is 1.07 bits per heavy atom. The summed E-state index contributed by atoms with van der Waals surface area (Å²) in [5, 5.41) is 9.63. The van der Waals surface area contributed by atoms with Crippen molar-refractivity contribution in [3.05, 3.63) is 95.3 Å². The van der Waals surface area contributed by atoms with E-state index < -0.39 is 0 Å². The molecule has 6 nitrogen and oxygen atoms in total. The van der Waals surface area contributed by atoms with Gasteiger partial charge in [-0.1, -0.05) is 12.1 Å². The fraction of sp³-hybridized carbons (Fsp3) is 0.0435. The molecule has 0 fully saturated rings. The number of hydrogen-bond donors (Lipinski definition) is 0. The Kier molecular flexibility index (Phi) is 4.87. The quantitative estimate of drug-likeness (QED) is 0.537. The van der Waals surface area contributed by atoms with Crippen LogP contribution in [-0.2, 0) is 0 Å². The molecule has 6 heteroatoms. The minimum Gasteiger partial charge on any atom is -0.496 e. The summed E-state index contributed by atoms with van der Waals surface area (Å²) in [7, 11) is 1.52. The highest BCUT2D eigenvalue weighted by molar-refractivity contribution is 5.79. The molecule has 0 aliphatic heterocycles. The van der Waals surface area contributed by atoms with Crippen LogP contribution >= 0.6 is 0 Å². The van der Waals surface area contributed by atoms with Gasteiger partial charge in [-0.25, -0.2) is 0 Å². The molecule has 0 saturated heterocycles. The molecule has 0 amide bonds. The summed E-state index contributed by atoms with van der Waals surface area (Å²) in [6.45, 7) is 0. The summed E-state index contributed by atoms with van der Waals surface area (Å²) in [4.78, 5) is 22.0. The Bertz CT molecular complexity index is 1260. The van der Waals surface area contributed by atoms with Gasteiger partial charge in [0.05, 0.1) is 41.9 Å². The predicted molar refractivity (Wildman–Crippen MR) is 110 cm³/mol. The molecule has 4 aromatic rings. The average Bonchev–Trinajstić information content (AvgIpc) is 2.80. The Morgan fingerprint density at radius 3 is 2.66 bits per heavy atom. The molecule has 0 saturated carbocycles. The molecule has 0 aliphatic carbocycles. The van der Waals surface area contributed by atoms with Crippen LogP contribution in [-0.4, -0.2) is 21.6 Å². The van der Waals surface area contributed by atoms with E-state index in [1.165, 1.54) is 11.7 Å². The van der Waals surface area contributed by atoms with Gasteiger partial charge in [0, 0.05) is 29.7 Å². The SMILES string of the molecule is COc1cccc(C#N)c1-c1cc(-c2ccccn2)cn(-c2cccnc2)c1=O. The molecule has 0 unspecified atom stereocenters. The fourth-order valence-electron chi connectivity index (χ4n) is 3.19. The lowest BCUT2D eigenvalue weighted by atomic mass is 9.98. The van der Waals surface area contributed by atoms with Gasteiger partial charge in [0.25, 0.3) is 5.56 Å². The zero-order valence-electron chi connectivity index (χ0n) is 15.6. The van der Waals surface area contributed by atoms with E-state index in [9.17, 15) is 10.1 Å². The van der Waals surface area contributed by atoms with E-state index in [1.54, 1.807) is 61.2 Å². The summed E-state index contributed by atoms with van der Waals surface area (Å²) in [5.74, 6) is 0.456. The van der Waals surface area contributed by atoms with Gasteiger partial charge in [-0.3, -0.25) is 19.3 Å². The van der Waals surface area contributed by atoms with Crippen molar-refractivity contribution in [3.63, 3.8) is 0 Å². The zero-order valence-corrected chi connectivity index (χ0v) is 15.6. The van der Waals surface area contributed by atoms with Gasteiger partial charge in [0.15, 0.2) is 0 Å². The van der Waals surface area contributed by atoms with Gasteiger partial charge >= 0.3 is 0 Å². The van der Waals surface area contributed by atoms with Gasteiger partial charge in [0.1, 0.15) is 5.75 Å². The highest BCUT2D eigenvalue weighted by atomic mass is 16.5. The number of aromatic nitrogens is 3. The number of pyridine rings is 3. The van der Waals surface area contributed by atoms with Gasteiger partial charge in [-0.2, -0.15) is 5.26 Å². The first-order valence-electron chi connectivity index (χ1n) is 8.89. The topological polar surface area (TPSA) is 80.8 Å². The van der Waals surface area contributed by atoms with Crippen molar-refractivity contribution in [1.29, 1.82) is 5.26 Å². The first-order chi connectivity index (χ1) is 14.2. The van der Waals surface area contributed by atoms with E-state index in [-0.39, 0.29) is 5.56 Å². The first-order valence-corrected chi connectivity index (χ1v) is 8.89. The highest BCUT2D eigenvalue weighted by Gasteiger charge is 2.18. The maximum absolute atomic E-state index is 13.4. The number of hydrogen-bond acceptors (Lipinski definition) is 5. The molecule has 0 bridgehead atoms. The molecule has 3 aromatic heterocycles. The van der Waals surface area contributed by atoms with E-state index in [2.05, 4.69) is 16.0 Å². The minimum atomic E-state index is -0.279. The molecule has 1 aromatic carbocycles. The summed E-state index contributed by atoms with van der Waals surface area (Å²) in [6.07, 6.45) is 6.68. The Morgan fingerprint density at radius 2 is 1.97 bits per heavy atom. The summed E-state index contributed by atoms with van der Waals surface area (Å²) in [6, 6.07) is 18.2. The summed E-state index contributed by atoms with van der Waals surface area (Å²) in [5.41, 5.74) is 2.95. The number of rotatable bonds is 4. The molecule has 4 rings (SSSR count). The average molecular weight is 380 g/mol. The monoisotopic (exact) mass is 380 g/mol. The molecule has 140 valence electrons. The molecule has 0 spiro atoms. The normalized spacial score (nSPS) is 10.3. The van der Waals surface area contributed by atoms with Gasteiger partial charge in [-0.15, -0.1) is 0 Å². The third-order valence-electron chi connectivity index (χ3n) is 4.54. The Labute approximate surface area is 167 Å². The lowest BCUT2D eigenvalue weighted by Gasteiger charge is -2.14. The second-order valence-electron chi connectivity index (χ2n) is 6.24. The smallest absolute Gasteiger partial charge is 0.263 e. The van der Waals surface area contributed by atoms with Crippen LogP contribution in [0, 0.1) is 11.3 Å². The van der Waals surface area contributed by atoms with E-state index >= 15 is 0 Å². The van der Waals surface area contributed by atoms with Crippen LogP contribution in [0.15, 0.2) is 84.2 Å². The second kappa shape index (κ2) is 7.79. The number of nitriles is 1. The maximum Gasteiger partial charge on any atom is 0.263 e. The summed E-state index contributed by atoms with van der Waals surface area (Å²) >= 11 is 0. The van der Waals surface area contributed by atoms with Crippen molar-refractivity contribution in [2.45, 2.75) is 0 Å². The Balaban J connectivity index is 2.08. The van der Waals surface area contributed by atoms with E-state index in [4.69, 9.17) is 4.74 Å². The van der Waals surface area contributed by atoms with E-state index in [0.717, 1.165) is 5.56 Å². The van der Waals surface area contributed by atoms with Crippen molar-refractivity contribution in [2.75, 3.05) is 7.11 Å². The van der Waals surface area contributed by atoms with Crippen LogP contribution in [0.5, 0.6) is 5.75 Å². The number of methoxy groups -OCH3 is 1. The molecule has 0 aliphatic rings. The van der Waals surface area contributed by atoms with Gasteiger partial charge in [0.2, 0.25) is 0 Å². The van der Waals surface area contributed by atoms with Crippen molar-refractivity contribution < 1.29 is 4.74 Å². The molecule has 3 heterocycles. The molecular weight excluding hydrogens is 364 g/mol. The lowest BCUT2D eigenvalue weighted by Crippen LogP contribution is -2.20. The predicted octanol–water partition coefficient (Wildman–Crippen LogP) is 3.84. The van der Waals surface area contributed by atoms with Crippen molar-refractivity contribution in [3.8, 4) is 39.9 Å². The second-order valence-corrected chi connectivity index (χ2v) is 6.24. The number of nitrogens with zero attached hydrogens (tertiary/aromatic N) is 4. The third-order valence-corrected chi connectivity index (χ3v) is 4.54. The van der Waals surface area contributed by atoms with Crippen LogP contribution in [0.2, 0.25) is 0 Å². The minimum absolute atomic E-state index is 0.279. The number of benzene rings is 1. The lowest BCUT2D eigenvalue weighted by molar-refractivity contribution is 0.416. The zero-order chi connectivity index (χ0) is 20.2. The molecule has 0 N–H and O–H groups in total. The van der Waals surface area contributed by atoms with Crippen LogP contribution in [0.25, 0.3) is 28.1 Å². The molecule has 29 heavy (non-hydrogen) atoms. The molecule has 0 atom stereocenters. The summed E-state index contributed by atoms with van der Waals surface area (Å²) < 4.78 is 6.98. The van der Waals surface area contributed by atoms with Crippen LogP contribution in [0.4, 0.5) is 0 Å².